The second-order valence-corrected chi connectivity index (χ2v) is 6.08. The number of benzene rings is 1. The Morgan fingerprint density at radius 3 is 3.05 bits per heavy atom. The highest BCUT2D eigenvalue weighted by Gasteiger charge is 2.24. The van der Waals surface area contributed by atoms with Gasteiger partial charge in [-0.25, -0.2) is 4.39 Å². The van der Waals surface area contributed by atoms with E-state index in [0.29, 0.717) is 6.04 Å². The fourth-order valence-corrected chi connectivity index (χ4v) is 3.25. The number of halogens is 2. The molecule has 2 unspecified atom stereocenters. The molecule has 1 aliphatic rings. The largest absolute Gasteiger partial charge is 0.303 e. The first-order valence-corrected chi connectivity index (χ1v) is 7.66. The molecule has 0 saturated carbocycles. The molecule has 112 valence electrons. The van der Waals surface area contributed by atoms with E-state index in [4.69, 9.17) is 11.6 Å². The molecule has 0 radical (unpaired) electrons. The fourth-order valence-electron chi connectivity index (χ4n) is 3.06. The smallest absolute Gasteiger partial charge is 0.141 e. The number of nitrogens with one attached hydrogen (secondary N) is 1. The highest BCUT2D eigenvalue weighted by molar-refractivity contribution is 6.30. The summed E-state index contributed by atoms with van der Waals surface area (Å²) in [5.74, 6) is -0.375. The SMILES string of the molecule is CC(NC1CCCc2c1cnn2C)c1ccc(F)c(Cl)c1. The Balaban J connectivity index is 1.79. The van der Waals surface area contributed by atoms with Crippen LogP contribution in [0.4, 0.5) is 4.39 Å². The minimum absolute atomic E-state index is 0.110. The lowest BCUT2D eigenvalue weighted by Gasteiger charge is -2.27. The van der Waals surface area contributed by atoms with E-state index < -0.39 is 0 Å². The first-order valence-electron chi connectivity index (χ1n) is 7.28. The van der Waals surface area contributed by atoms with Crippen molar-refractivity contribution >= 4 is 11.6 Å². The van der Waals surface area contributed by atoms with Gasteiger partial charge in [-0.15, -0.1) is 0 Å². The number of aryl methyl sites for hydroxylation is 1. The number of rotatable bonds is 3. The molecular weight excluding hydrogens is 289 g/mol. The molecule has 0 amide bonds. The first-order chi connectivity index (χ1) is 10.1. The standard InChI is InChI=1S/C16H19ClFN3/c1-10(11-6-7-14(18)13(17)8-11)20-15-4-3-5-16-12(15)9-19-21(16)2/h6-10,15,20H,3-5H2,1-2H3. The number of hydrogen-bond acceptors (Lipinski definition) is 2. The molecule has 0 saturated heterocycles. The van der Waals surface area contributed by atoms with Crippen LogP contribution in [0.25, 0.3) is 0 Å². The molecule has 2 aromatic rings. The molecule has 0 aliphatic heterocycles. The van der Waals surface area contributed by atoms with Crippen LogP contribution in [0.15, 0.2) is 24.4 Å². The van der Waals surface area contributed by atoms with Gasteiger partial charge in [0.25, 0.3) is 0 Å². The van der Waals surface area contributed by atoms with Crippen molar-refractivity contribution in [3.8, 4) is 0 Å². The third-order valence-corrected chi connectivity index (χ3v) is 4.56. The summed E-state index contributed by atoms with van der Waals surface area (Å²) in [7, 11) is 1.99. The lowest BCUT2D eigenvalue weighted by Crippen LogP contribution is -2.27. The topological polar surface area (TPSA) is 29.9 Å². The Labute approximate surface area is 129 Å². The van der Waals surface area contributed by atoms with Crippen LogP contribution in [0.3, 0.4) is 0 Å². The van der Waals surface area contributed by atoms with Gasteiger partial charge in [-0.1, -0.05) is 17.7 Å². The summed E-state index contributed by atoms with van der Waals surface area (Å²) >= 11 is 5.87. The minimum Gasteiger partial charge on any atom is -0.303 e. The van der Waals surface area contributed by atoms with Crippen LogP contribution in [-0.2, 0) is 13.5 Å². The van der Waals surface area contributed by atoms with Gasteiger partial charge >= 0.3 is 0 Å². The summed E-state index contributed by atoms with van der Waals surface area (Å²) in [5, 5.41) is 8.15. The van der Waals surface area contributed by atoms with E-state index in [1.54, 1.807) is 12.1 Å². The monoisotopic (exact) mass is 307 g/mol. The number of hydrogen-bond donors (Lipinski definition) is 1. The third kappa shape index (κ3) is 2.83. The van der Waals surface area contributed by atoms with Gasteiger partial charge in [0.05, 0.1) is 11.2 Å². The average molecular weight is 308 g/mol. The van der Waals surface area contributed by atoms with Crippen LogP contribution >= 0.6 is 11.6 Å². The summed E-state index contributed by atoms with van der Waals surface area (Å²) < 4.78 is 15.2. The molecule has 1 heterocycles. The van der Waals surface area contributed by atoms with Crippen LogP contribution in [0.2, 0.25) is 5.02 Å². The summed E-state index contributed by atoms with van der Waals surface area (Å²) in [5.41, 5.74) is 3.59. The van der Waals surface area contributed by atoms with Gasteiger partial charge in [0, 0.05) is 30.4 Å². The zero-order chi connectivity index (χ0) is 15.0. The molecule has 21 heavy (non-hydrogen) atoms. The normalized spacial score (nSPS) is 19.3. The first kappa shape index (κ1) is 14.5. The molecule has 1 aliphatic carbocycles. The Morgan fingerprint density at radius 2 is 2.29 bits per heavy atom. The highest BCUT2D eigenvalue weighted by atomic mass is 35.5. The molecular formula is C16H19ClFN3. The van der Waals surface area contributed by atoms with Gasteiger partial charge in [-0.2, -0.15) is 5.10 Å². The maximum Gasteiger partial charge on any atom is 0.141 e. The van der Waals surface area contributed by atoms with E-state index in [9.17, 15) is 4.39 Å². The number of nitrogens with zero attached hydrogens (tertiary/aromatic N) is 2. The van der Waals surface area contributed by atoms with Crippen LogP contribution in [0.1, 0.15) is 48.7 Å². The Morgan fingerprint density at radius 1 is 1.48 bits per heavy atom. The Bertz CT molecular complexity index is 653. The molecule has 0 bridgehead atoms. The van der Waals surface area contributed by atoms with E-state index >= 15 is 0 Å². The van der Waals surface area contributed by atoms with Crippen molar-refractivity contribution in [2.24, 2.45) is 7.05 Å². The quantitative estimate of drug-likeness (QED) is 0.931. The summed E-state index contributed by atoms with van der Waals surface area (Å²) in [6.07, 6.45) is 5.29. The highest BCUT2D eigenvalue weighted by Crippen LogP contribution is 2.31. The van der Waals surface area contributed by atoms with Crippen LogP contribution in [0, 0.1) is 5.82 Å². The molecule has 0 fully saturated rings. The van der Waals surface area contributed by atoms with Crippen molar-refractivity contribution in [1.82, 2.24) is 15.1 Å². The molecule has 2 atom stereocenters. The van der Waals surface area contributed by atoms with Crippen molar-refractivity contribution in [3.63, 3.8) is 0 Å². The predicted molar refractivity (Wildman–Crippen MR) is 81.8 cm³/mol. The maximum atomic E-state index is 13.3. The average Bonchev–Trinajstić information content (AvgIpc) is 2.85. The van der Waals surface area contributed by atoms with Crippen LogP contribution in [0.5, 0.6) is 0 Å². The minimum atomic E-state index is -0.375. The molecule has 1 aromatic carbocycles. The van der Waals surface area contributed by atoms with Gasteiger partial charge < -0.3 is 5.32 Å². The lowest BCUT2D eigenvalue weighted by atomic mass is 9.92. The predicted octanol–water partition coefficient (Wildman–Crippen LogP) is 3.94. The molecule has 5 heteroatoms. The van der Waals surface area contributed by atoms with Crippen molar-refractivity contribution in [2.75, 3.05) is 0 Å². The number of fused-ring (bicyclic) bond motifs is 1. The summed E-state index contributed by atoms with van der Waals surface area (Å²) in [6, 6.07) is 5.31. The molecule has 0 spiro atoms. The molecule has 3 rings (SSSR count). The lowest BCUT2D eigenvalue weighted by molar-refractivity contribution is 0.411. The zero-order valence-electron chi connectivity index (χ0n) is 12.2. The summed E-state index contributed by atoms with van der Waals surface area (Å²) in [6.45, 7) is 2.08. The zero-order valence-corrected chi connectivity index (χ0v) is 13.0. The van der Waals surface area contributed by atoms with E-state index in [-0.39, 0.29) is 16.9 Å². The van der Waals surface area contributed by atoms with Crippen LogP contribution in [-0.4, -0.2) is 9.78 Å². The van der Waals surface area contributed by atoms with Gasteiger partial charge in [0.15, 0.2) is 0 Å². The van der Waals surface area contributed by atoms with E-state index in [1.165, 1.54) is 17.3 Å². The Kier molecular flexibility index (Phi) is 4.00. The van der Waals surface area contributed by atoms with Gasteiger partial charge in [0.2, 0.25) is 0 Å². The van der Waals surface area contributed by atoms with Gasteiger partial charge in [-0.3, -0.25) is 4.68 Å². The third-order valence-electron chi connectivity index (χ3n) is 4.27. The van der Waals surface area contributed by atoms with Crippen molar-refractivity contribution in [1.29, 1.82) is 0 Å². The second kappa shape index (κ2) is 5.78. The van der Waals surface area contributed by atoms with Crippen LogP contribution < -0.4 is 5.32 Å². The fraction of sp³-hybridized carbons (Fsp3) is 0.438. The van der Waals surface area contributed by atoms with Crippen molar-refractivity contribution in [3.05, 3.63) is 52.1 Å². The van der Waals surface area contributed by atoms with Crippen molar-refractivity contribution in [2.45, 2.75) is 38.3 Å². The van der Waals surface area contributed by atoms with Gasteiger partial charge in [-0.05, 0) is 43.9 Å². The second-order valence-electron chi connectivity index (χ2n) is 5.68. The number of aromatic nitrogens is 2. The van der Waals surface area contributed by atoms with Crippen molar-refractivity contribution < 1.29 is 4.39 Å². The van der Waals surface area contributed by atoms with E-state index in [1.807, 2.05) is 17.9 Å². The van der Waals surface area contributed by atoms with E-state index in [0.717, 1.165) is 24.8 Å². The maximum absolute atomic E-state index is 13.3. The molecule has 1 N–H and O–H groups in total. The van der Waals surface area contributed by atoms with E-state index in [2.05, 4.69) is 17.3 Å². The summed E-state index contributed by atoms with van der Waals surface area (Å²) in [4.78, 5) is 0. The van der Waals surface area contributed by atoms with Gasteiger partial charge in [0.1, 0.15) is 5.82 Å². The molecule has 1 aromatic heterocycles. The Hall–Kier alpha value is -1.39. The molecule has 3 nitrogen and oxygen atoms in total.